The van der Waals surface area contributed by atoms with E-state index in [2.05, 4.69) is 0 Å². The first-order valence-corrected chi connectivity index (χ1v) is 6.68. The first-order chi connectivity index (χ1) is 7.66. The number of aromatic nitrogens is 2. The van der Waals surface area contributed by atoms with Gasteiger partial charge in [0.05, 0.1) is 11.0 Å². The molecule has 84 valence electrons. The molecule has 0 fully saturated rings. The minimum atomic E-state index is 0.104. The lowest BCUT2D eigenvalue weighted by Crippen LogP contribution is -2.25. The monoisotopic (exact) mass is 234 g/mol. The van der Waals surface area contributed by atoms with Crippen LogP contribution in [0.15, 0.2) is 35.1 Å². The molecule has 16 heavy (non-hydrogen) atoms. The number of nitrogens with zero attached hydrogens (tertiary/aromatic N) is 2. The Hall–Kier alpha value is -1.34. The highest BCUT2D eigenvalue weighted by Gasteiger charge is 2.13. The molecule has 1 aromatic heterocycles. The average molecular weight is 234 g/mol. The van der Waals surface area contributed by atoms with E-state index in [1.807, 2.05) is 55.6 Å². The Kier molecular flexibility index (Phi) is 2.97. The maximum atomic E-state index is 12.2. The lowest BCUT2D eigenvalue weighted by atomic mass is 10.3. The fourth-order valence-corrected chi connectivity index (χ4v) is 2.70. The zero-order valence-corrected chi connectivity index (χ0v) is 10.7. The highest BCUT2D eigenvalue weighted by atomic mass is 31.1. The molecule has 4 heteroatoms. The quantitative estimate of drug-likeness (QED) is 0.722. The summed E-state index contributed by atoms with van der Waals surface area (Å²) in [5.41, 5.74) is 2.07. The van der Waals surface area contributed by atoms with Crippen LogP contribution in [0.1, 0.15) is 5.69 Å². The molecule has 0 saturated carbocycles. The molecule has 2 rings (SSSR count). The van der Waals surface area contributed by atoms with E-state index in [1.165, 1.54) is 0 Å². The summed E-state index contributed by atoms with van der Waals surface area (Å²) in [5, 5.41) is 0.923. The number of benzene rings is 1. The van der Waals surface area contributed by atoms with Crippen LogP contribution in [0.5, 0.6) is 0 Å². The van der Waals surface area contributed by atoms with Gasteiger partial charge in [-0.05, 0) is 25.7 Å². The van der Waals surface area contributed by atoms with Crippen LogP contribution in [0, 0.1) is 6.92 Å². The Bertz CT molecular complexity index is 554. The van der Waals surface area contributed by atoms with Crippen LogP contribution in [-0.4, -0.2) is 16.0 Å². The molecule has 3 nitrogen and oxygen atoms in total. The number of para-hydroxylation sites is 1. The van der Waals surface area contributed by atoms with Crippen molar-refractivity contribution < 1.29 is 0 Å². The van der Waals surface area contributed by atoms with Gasteiger partial charge in [0.2, 0.25) is 0 Å². The SMILES string of the molecule is CPc1c(C)n(C)n(-c2ccccc2)c1=O. The second-order valence-corrected chi connectivity index (χ2v) is 4.69. The van der Waals surface area contributed by atoms with Crippen molar-refractivity contribution in [3.05, 3.63) is 46.4 Å². The van der Waals surface area contributed by atoms with Gasteiger partial charge in [-0.25, -0.2) is 4.68 Å². The molecule has 0 bridgehead atoms. The topological polar surface area (TPSA) is 26.9 Å². The smallest absolute Gasteiger partial charge is 0.279 e. The zero-order chi connectivity index (χ0) is 11.7. The van der Waals surface area contributed by atoms with E-state index < -0.39 is 0 Å². The van der Waals surface area contributed by atoms with E-state index in [1.54, 1.807) is 4.68 Å². The highest BCUT2D eigenvalue weighted by molar-refractivity contribution is 7.46. The van der Waals surface area contributed by atoms with Gasteiger partial charge >= 0.3 is 0 Å². The molecule has 0 radical (unpaired) electrons. The molecule has 1 atom stereocenters. The molecule has 0 spiro atoms. The Morgan fingerprint density at radius 3 is 2.31 bits per heavy atom. The first-order valence-electron chi connectivity index (χ1n) is 5.18. The van der Waals surface area contributed by atoms with E-state index in [4.69, 9.17) is 0 Å². The summed E-state index contributed by atoms with van der Waals surface area (Å²) in [5.74, 6) is 0. The average Bonchev–Trinajstić information content (AvgIpc) is 2.51. The molecular weight excluding hydrogens is 219 g/mol. The standard InChI is InChI=1S/C12H15N2OP/c1-9-11(16-3)12(15)14(13(9)2)10-7-5-4-6-8-10/h4-8,16H,1-3H3. The van der Waals surface area contributed by atoms with Gasteiger partial charge in [-0.2, -0.15) is 0 Å². The molecule has 1 heterocycles. The lowest BCUT2D eigenvalue weighted by molar-refractivity contribution is 0.630. The molecule has 1 aromatic carbocycles. The van der Waals surface area contributed by atoms with Crippen molar-refractivity contribution in [3.8, 4) is 5.69 Å². The summed E-state index contributed by atoms with van der Waals surface area (Å²) in [7, 11) is 2.46. The highest BCUT2D eigenvalue weighted by Crippen LogP contribution is 2.09. The van der Waals surface area contributed by atoms with Crippen molar-refractivity contribution in [1.29, 1.82) is 0 Å². The van der Waals surface area contributed by atoms with E-state index in [0.717, 1.165) is 16.7 Å². The number of hydrogen-bond acceptors (Lipinski definition) is 1. The number of rotatable bonds is 2. The fourth-order valence-electron chi connectivity index (χ4n) is 1.86. The van der Waals surface area contributed by atoms with Crippen LogP contribution in [0.4, 0.5) is 0 Å². The van der Waals surface area contributed by atoms with Gasteiger partial charge in [-0.15, -0.1) is 0 Å². The number of hydrogen-bond donors (Lipinski definition) is 0. The van der Waals surface area contributed by atoms with Gasteiger partial charge in [0.15, 0.2) is 0 Å². The minimum absolute atomic E-state index is 0.104. The van der Waals surface area contributed by atoms with Gasteiger partial charge < -0.3 is 0 Å². The van der Waals surface area contributed by atoms with Crippen molar-refractivity contribution in [2.24, 2.45) is 7.05 Å². The third-order valence-electron chi connectivity index (χ3n) is 2.80. The maximum Gasteiger partial charge on any atom is 0.279 e. The molecule has 2 aromatic rings. The third kappa shape index (κ3) is 1.61. The summed E-state index contributed by atoms with van der Waals surface area (Å²) >= 11 is 0. The molecule has 1 unspecified atom stereocenters. The Labute approximate surface area is 96.5 Å². The van der Waals surface area contributed by atoms with Crippen molar-refractivity contribution in [2.45, 2.75) is 6.92 Å². The van der Waals surface area contributed by atoms with E-state index in [9.17, 15) is 4.79 Å². The van der Waals surface area contributed by atoms with Gasteiger partial charge in [0.1, 0.15) is 0 Å². The minimum Gasteiger partial charge on any atom is -0.285 e. The summed E-state index contributed by atoms with van der Waals surface area (Å²) in [4.78, 5) is 12.2. The molecule has 0 N–H and O–H groups in total. The van der Waals surface area contributed by atoms with Gasteiger partial charge in [0.25, 0.3) is 5.56 Å². The fraction of sp³-hybridized carbons (Fsp3) is 0.250. The van der Waals surface area contributed by atoms with Crippen molar-refractivity contribution >= 4 is 13.9 Å². The zero-order valence-electron chi connectivity index (χ0n) is 9.69. The van der Waals surface area contributed by atoms with Crippen LogP contribution < -0.4 is 10.9 Å². The third-order valence-corrected chi connectivity index (χ3v) is 3.88. The van der Waals surface area contributed by atoms with Gasteiger partial charge in [-0.3, -0.25) is 9.48 Å². The summed E-state index contributed by atoms with van der Waals surface area (Å²) < 4.78 is 3.64. The lowest BCUT2D eigenvalue weighted by Gasteiger charge is -2.07. The largest absolute Gasteiger partial charge is 0.285 e. The van der Waals surface area contributed by atoms with Crippen molar-refractivity contribution in [1.82, 2.24) is 9.36 Å². The second kappa shape index (κ2) is 4.26. The van der Waals surface area contributed by atoms with Crippen LogP contribution in [0.2, 0.25) is 0 Å². The maximum absolute atomic E-state index is 12.2. The first kappa shape index (κ1) is 11.2. The Balaban J connectivity index is 2.72. The van der Waals surface area contributed by atoms with Crippen molar-refractivity contribution in [3.63, 3.8) is 0 Å². The summed E-state index contributed by atoms with van der Waals surface area (Å²) in [6, 6.07) is 9.73. The van der Waals surface area contributed by atoms with Crippen molar-refractivity contribution in [2.75, 3.05) is 6.66 Å². The molecule has 0 saturated heterocycles. The van der Waals surface area contributed by atoms with E-state index >= 15 is 0 Å². The Morgan fingerprint density at radius 1 is 1.19 bits per heavy atom. The molecular formula is C12H15N2OP. The molecule has 0 aliphatic carbocycles. The Morgan fingerprint density at radius 2 is 1.81 bits per heavy atom. The summed E-state index contributed by atoms with van der Waals surface area (Å²) in [6.07, 6.45) is 0. The second-order valence-electron chi connectivity index (χ2n) is 3.69. The molecule has 0 aliphatic rings. The van der Waals surface area contributed by atoms with E-state index in [0.29, 0.717) is 8.58 Å². The molecule has 0 aliphatic heterocycles. The van der Waals surface area contributed by atoms with Crippen LogP contribution in [-0.2, 0) is 7.05 Å². The van der Waals surface area contributed by atoms with E-state index in [-0.39, 0.29) is 5.56 Å². The van der Waals surface area contributed by atoms with Gasteiger partial charge in [-0.1, -0.05) is 26.8 Å². The summed E-state index contributed by atoms with van der Waals surface area (Å²) in [6.45, 7) is 4.03. The predicted molar refractivity (Wildman–Crippen MR) is 69.6 cm³/mol. The van der Waals surface area contributed by atoms with Crippen LogP contribution >= 0.6 is 8.58 Å². The molecule has 0 amide bonds. The van der Waals surface area contributed by atoms with Gasteiger partial charge in [0, 0.05) is 12.7 Å². The predicted octanol–water partition coefficient (Wildman–Crippen LogP) is 1.42. The van der Waals surface area contributed by atoms with Crippen LogP contribution in [0.3, 0.4) is 0 Å². The van der Waals surface area contributed by atoms with Crippen LogP contribution in [0.25, 0.3) is 5.69 Å². The normalized spacial score (nSPS) is 11.4.